The molecule has 1 aromatic rings. The summed E-state index contributed by atoms with van der Waals surface area (Å²) in [4.78, 5) is 7.82. The van der Waals surface area contributed by atoms with Crippen molar-refractivity contribution in [3.8, 4) is 5.88 Å². The Morgan fingerprint density at radius 3 is 2.62 bits per heavy atom. The monoisotopic (exact) mass is 201 g/mol. The van der Waals surface area contributed by atoms with Crippen molar-refractivity contribution in [2.24, 2.45) is 0 Å². The van der Waals surface area contributed by atoms with Crippen LogP contribution in [0.2, 0.25) is 0 Å². The van der Waals surface area contributed by atoms with Crippen LogP contribution in [0.4, 0.5) is 5.82 Å². The summed E-state index contributed by atoms with van der Waals surface area (Å²) in [7, 11) is -0.942. The molecule has 6 heteroatoms. The van der Waals surface area contributed by atoms with Gasteiger partial charge in [0.1, 0.15) is 12.6 Å². The third kappa shape index (κ3) is 2.18. The molecule has 5 nitrogen and oxygen atoms in total. The molecule has 0 unspecified atom stereocenters. The first-order valence-electron chi connectivity index (χ1n) is 3.67. The van der Waals surface area contributed by atoms with E-state index in [4.69, 9.17) is 10.5 Å². The van der Waals surface area contributed by atoms with Crippen LogP contribution < -0.4 is 15.9 Å². The molecule has 0 aliphatic carbocycles. The van der Waals surface area contributed by atoms with Crippen LogP contribution in [0.15, 0.2) is 6.20 Å². The lowest BCUT2D eigenvalue weighted by Crippen LogP contribution is -2.12. The minimum Gasteiger partial charge on any atom is -0.478 e. The van der Waals surface area contributed by atoms with E-state index in [-0.39, 0.29) is 11.7 Å². The van der Waals surface area contributed by atoms with Crippen LogP contribution in [0.5, 0.6) is 5.88 Å². The lowest BCUT2D eigenvalue weighted by atomic mass is 10.6. The smallest absolute Gasteiger partial charge is 0.257 e. The minimum absolute atomic E-state index is 0.208. The molecule has 13 heavy (non-hydrogen) atoms. The molecular weight excluding hydrogens is 189 g/mol. The van der Waals surface area contributed by atoms with Gasteiger partial charge in [0.05, 0.1) is 13.3 Å². The van der Waals surface area contributed by atoms with Crippen molar-refractivity contribution in [3.63, 3.8) is 0 Å². The first-order chi connectivity index (χ1) is 5.95. The number of nitrogens with zero attached hydrogens (tertiary/aromatic N) is 2. The fraction of sp³-hybridized carbons (Fsp3) is 0.429. The molecule has 0 aliphatic rings. The van der Waals surface area contributed by atoms with Crippen LogP contribution in [0.1, 0.15) is 0 Å². The summed E-state index contributed by atoms with van der Waals surface area (Å²) in [6.45, 7) is 3.24. The lowest BCUT2D eigenvalue weighted by molar-refractivity contribution is 0.399. The maximum Gasteiger partial charge on any atom is 0.257 e. The third-order valence-corrected chi connectivity index (χ3v) is 2.82. The quantitative estimate of drug-likeness (QED) is 0.697. The number of anilines is 1. The van der Waals surface area contributed by atoms with Gasteiger partial charge < -0.3 is 15.0 Å². The Hall–Kier alpha value is -1.09. The largest absolute Gasteiger partial charge is 0.478 e. The van der Waals surface area contributed by atoms with E-state index in [0.717, 1.165) is 0 Å². The molecule has 0 saturated carbocycles. The van der Waals surface area contributed by atoms with Crippen molar-refractivity contribution in [2.75, 3.05) is 26.2 Å². The van der Waals surface area contributed by atoms with Gasteiger partial charge in [-0.2, -0.15) is 0 Å². The fourth-order valence-electron chi connectivity index (χ4n) is 0.782. The summed E-state index contributed by atoms with van der Waals surface area (Å²) < 4.78 is 16.5. The summed E-state index contributed by atoms with van der Waals surface area (Å²) in [5.41, 5.74) is 5.88. The van der Waals surface area contributed by atoms with E-state index in [1.54, 1.807) is 13.3 Å². The van der Waals surface area contributed by atoms with Crippen molar-refractivity contribution >= 4 is 18.4 Å². The van der Waals surface area contributed by atoms with E-state index >= 15 is 0 Å². The summed E-state index contributed by atoms with van der Waals surface area (Å²) in [6.07, 6.45) is 1.42. The van der Waals surface area contributed by atoms with Gasteiger partial charge in [-0.3, -0.25) is 0 Å². The number of hydrogen-bond donors (Lipinski definition) is 1. The zero-order valence-corrected chi connectivity index (χ0v) is 8.71. The van der Waals surface area contributed by atoms with Crippen molar-refractivity contribution in [1.82, 2.24) is 9.97 Å². The summed E-state index contributed by atoms with van der Waals surface area (Å²) in [5, 5.41) is 0. The molecule has 72 valence electrons. The van der Waals surface area contributed by atoms with Gasteiger partial charge in [0, 0.05) is 0 Å². The van der Waals surface area contributed by atoms with E-state index in [2.05, 4.69) is 9.97 Å². The van der Waals surface area contributed by atoms with Gasteiger partial charge in [-0.1, -0.05) is 0 Å². The summed E-state index contributed by atoms with van der Waals surface area (Å²) >= 11 is 0. The standard InChI is InChI=1S/C7H12N3O2P/c1-12-7-6(8)9-4-5(10-7)13(2,3)11/h4H,1-3H3,(H2,8,9). The number of nitrogen functional groups attached to an aromatic ring is 1. The Morgan fingerprint density at radius 1 is 1.54 bits per heavy atom. The molecule has 0 spiro atoms. The maximum atomic E-state index is 11.6. The van der Waals surface area contributed by atoms with Crippen LogP contribution in [-0.4, -0.2) is 30.4 Å². The Morgan fingerprint density at radius 2 is 2.15 bits per heavy atom. The normalized spacial score (nSPS) is 11.3. The predicted octanol–water partition coefficient (Wildman–Crippen LogP) is 0.315. The zero-order chi connectivity index (χ0) is 10.1. The minimum atomic E-state index is -2.39. The predicted molar refractivity (Wildman–Crippen MR) is 52.1 cm³/mol. The van der Waals surface area contributed by atoms with Crippen LogP contribution >= 0.6 is 7.14 Å². The highest BCUT2D eigenvalue weighted by Gasteiger charge is 2.15. The molecule has 2 N–H and O–H groups in total. The number of rotatable bonds is 2. The highest BCUT2D eigenvalue weighted by Crippen LogP contribution is 2.34. The van der Waals surface area contributed by atoms with Gasteiger partial charge >= 0.3 is 0 Å². The molecule has 0 aliphatic heterocycles. The SMILES string of the molecule is COc1nc(P(C)(C)=O)cnc1N. The van der Waals surface area contributed by atoms with Crippen LogP contribution in [-0.2, 0) is 4.57 Å². The molecule has 0 amide bonds. The lowest BCUT2D eigenvalue weighted by Gasteiger charge is -2.07. The van der Waals surface area contributed by atoms with Crippen molar-refractivity contribution in [1.29, 1.82) is 0 Å². The van der Waals surface area contributed by atoms with E-state index in [0.29, 0.717) is 5.44 Å². The second kappa shape index (κ2) is 3.34. The molecule has 0 bridgehead atoms. The second-order valence-corrected chi connectivity index (χ2v) is 6.13. The van der Waals surface area contributed by atoms with E-state index in [1.165, 1.54) is 13.3 Å². The third-order valence-electron chi connectivity index (χ3n) is 1.50. The maximum absolute atomic E-state index is 11.6. The number of ether oxygens (including phenoxy) is 1. The number of methoxy groups -OCH3 is 1. The zero-order valence-electron chi connectivity index (χ0n) is 7.81. The Balaban J connectivity index is 3.22. The molecular formula is C7H12N3O2P. The van der Waals surface area contributed by atoms with Gasteiger partial charge in [0.25, 0.3) is 5.88 Å². The highest BCUT2D eigenvalue weighted by atomic mass is 31.2. The van der Waals surface area contributed by atoms with Gasteiger partial charge in [-0.15, -0.1) is 0 Å². The average Bonchev–Trinajstić information content (AvgIpc) is 2.03. The molecule has 0 fully saturated rings. The second-order valence-electron chi connectivity index (χ2n) is 2.97. The fourth-order valence-corrected chi connectivity index (χ4v) is 1.45. The topological polar surface area (TPSA) is 78.1 Å². The van der Waals surface area contributed by atoms with Gasteiger partial charge in [0.2, 0.25) is 0 Å². The van der Waals surface area contributed by atoms with Crippen LogP contribution in [0, 0.1) is 0 Å². The van der Waals surface area contributed by atoms with Crippen molar-refractivity contribution in [3.05, 3.63) is 6.20 Å². The summed E-state index contributed by atoms with van der Waals surface area (Å²) in [5.74, 6) is 0.432. The molecule has 0 radical (unpaired) electrons. The average molecular weight is 201 g/mol. The van der Waals surface area contributed by atoms with Crippen molar-refractivity contribution < 1.29 is 9.30 Å². The van der Waals surface area contributed by atoms with Crippen molar-refractivity contribution in [2.45, 2.75) is 0 Å². The molecule has 0 aromatic carbocycles. The molecule has 0 atom stereocenters. The molecule has 0 saturated heterocycles. The highest BCUT2D eigenvalue weighted by molar-refractivity contribution is 7.69. The molecule has 1 heterocycles. The number of aromatic nitrogens is 2. The van der Waals surface area contributed by atoms with Crippen LogP contribution in [0.3, 0.4) is 0 Å². The Bertz CT molecular complexity index is 361. The molecule has 1 aromatic heterocycles. The summed E-state index contributed by atoms with van der Waals surface area (Å²) in [6, 6.07) is 0. The van der Waals surface area contributed by atoms with E-state index < -0.39 is 7.14 Å². The molecule has 1 rings (SSSR count). The van der Waals surface area contributed by atoms with Gasteiger partial charge in [0.15, 0.2) is 5.82 Å². The Kier molecular flexibility index (Phi) is 2.57. The number of hydrogen-bond acceptors (Lipinski definition) is 5. The first kappa shape index (κ1) is 9.99. The first-order valence-corrected chi connectivity index (χ1v) is 6.27. The van der Waals surface area contributed by atoms with Gasteiger partial charge in [-0.25, -0.2) is 9.97 Å². The van der Waals surface area contributed by atoms with E-state index in [1.807, 2.05) is 0 Å². The van der Waals surface area contributed by atoms with Crippen LogP contribution in [0.25, 0.3) is 0 Å². The van der Waals surface area contributed by atoms with Gasteiger partial charge in [-0.05, 0) is 13.3 Å². The number of nitrogens with two attached hydrogens (primary N) is 1. The van der Waals surface area contributed by atoms with E-state index in [9.17, 15) is 4.57 Å². The Labute approximate surface area is 76.7 Å².